The Kier molecular flexibility index (Phi) is 4.40. The third-order valence-electron chi connectivity index (χ3n) is 6.09. The summed E-state index contributed by atoms with van der Waals surface area (Å²) in [4.78, 5) is 5.30. The highest BCUT2D eigenvalue weighted by molar-refractivity contribution is 4.96. The third kappa shape index (κ3) is 3.20. The summed E-state index contributed by atoms with van der Waals surface area (Å²) in [6, 6.07) is 0.846. The highest BCUT2D eigenvalue weighted by Gasteiger charge is 2.38. The van der Waals surface area contributed by atoms with Crippen molar-refractivity contribution in [1.29, 1.82) is 0 Å². The summed E-state index contributed by atoms with van der Waals surface area (Å²) >= 11 is 0. The van der Waals surface area contributed by atoms with Gasteiger partial charge in [0.05, 0.1) is 0 Å². The minimum absolute atomic E-state index is 0.102. The first-order chi connectivity index (χ1) is 9.56. The van der Waals surface area contributed by atoms with Crippen LogP contribution >= 0.6 is 0 Å². The van der Waals surface area contributed by atoms with Crippen LogP contribution in [-0.4, -0.2) is 54.6 Å². The van der Waals surface area contributed by atoms with Crippen molar-refractivity contribution in [1.82, 2.24) is 9.80 Å². The number of hydrogen-bond donors (Lipinski definition) is 1. The predicted molar refractivity (Wildman–Crippen MR) is 84.7 cm³/mol. The van der Waals surface area contributed by atoms with Gasteiger partial charge in [0.2, 0.25) is 0 Å². The van der Waals surface area contributed by atoms with Crippen LogP contribution in [0.5, 0.6) is 0 Å². The topological polar surface area (TPSA) is 32.5 Å². The second-order valence-corrected chi connectivity index (χ2v) is 8.04. The zero-order chi connectivity index (χ0) is 14.2. The summed E-state index contributed by atoms with van der Waals surface area (Å²) in [5.41, 5.74) is 6.83. The van der Waals surface area contributed by atoms with Gasteiger partial charge >= 0.3 is 0 Å². The van der Waals surface area contributed by atoms with E-state index in [0.717, 1.165) is 24.4 Å². The minimum Gasteiger partial charge on any atom is -0.324 e. The van der Waals surface area contributed by atoms with Crippen LogP contribution in [0.3, 0.4) is 0 Å². The Morgan fingerprint density at radius 3 is 2.80 bits per heavy atom. The Hall–Kier alpha value is -0.120. The second-order valence-electron chi connectivity index (χ2n) is 8.04. The first-order valence-electron chi connectivity index (χ1n) is 8.77. The van der Waals surface area contributed by atoms with E-state index in [1.807, 2.05) is 0 Å². The van der Waals surface area contributed by atoms with Crippen LogP contribution < -0.4 is 5.73 Å². The lowest BCUT2D eigenvalue weighted by atomic mass is 9.76. The van der Waals surface area contributed by atoms with Crippen LogP contribution in [0.4, 0.5) is 0 Å². The van der Waals surface area contributed by atoms with E-state index >= 15 is 0 Å². The van der Waals surface area contributed by atoms with Gasteiger partial charge in [0.25, 0.3) is 0 Å². The molecule has 3 aliphatic rings. The van der Waals surface area contributed by atoms with Crippen molar-refractivity contribution in [3.05, 3.63) is 0 Å². The van der Waals surface area contributed by atoms with E-state index in [2.05, 4.69) is 23.8 Å². The normalized spacial score (nSPS) is 44.2. The number of hydrogen-bond acceptors (Lipinski definition) is 3. The van der Waals surface area contributed by atoms with E-state index in [0.29, 0.717) is 0 Å². The molecule has 2 saturated heterocycles. The van der Waals surface area contributed by atoms with E-state index in [-0.39, 0.29) is 5.54 Å². The van der Waals surface area contributed by atoms with Gasteiger partial charge in [-0.05, 0) is 64.1 Å². The average molecular weight is 279 g/mol. The Morgan fingerprint density at radius 2 is 2.00 bits per heavy atom. The lowest BCUT2D eigenvalue weighted by molar-refractivity contribution is 0.0238. The SMILES string of the molecule is CC1CCCC(N)(CN2CCC3C(CCCN3C)C2)C1. The molecule has 116 valence electrons. The van der Waals surface area contributed by atoms with Crippen LogP contribution in [-0.2, 0) is 0 Å². The Morgan fingerprint density at radius 1 is 1.15 bits per heavy atom. The summed E-state index contributed by atoms with van der Waals surface area (Å²) in [7, 11) is 2.32. The van der Waals surface area contributed by atoms with Gasteiger partial charge < -0.3 is 15.5 Å². The Bertz CT molecular complexity index is 332. The number of rotatable bonds is 2. The van der Waals surface area contributed by atoms with Crippen LogP contribution in [0.25, 0.3) is 0 Å². The summed E-state index contributed by atoms with van der Waals surface area (Å²) in [6.07, 6.45) is 9.36. The summed E-state index contributed by atoms with van der Waals surface area (Å²) < 4.78 is 0. The van der Waals surface area contributed by atoms with Crippen molar-refractivity contribution in [2.45, 2.75) is 63.5 Å². The summed E-state index contributed by atoms with van der Waals surface area (Å²) in [5, 5.41) is 0. The minimum atomic E-state index is 0.102. The standard InChI is InChI=1S/C17H33N3/c1-14-5-3-8-17(18,11-14)13-20-10-7-16-15(12-20)6-4-9-19(16)2/h14-16H,3-13,18H2,1-2H3. The van der Waals surface area contributed by atoms with Gasteiger partial charge in [-0.3, -0.25) is 0 Å². The molecule has 0 aromatic carbocycles. The lowest BCUT2D eigenvalue weighted by Gasteiger charge is -2.48. The maximum absolute atomic E-state index is 6.72. The molecule has 0 bridgehead atoms. The van der Waals surface area contributed by atoms with Gasteiger partial charge in [-0.15, -0.1) is 0 Å². The smallest absolute Gasteiger partial charge is 0.0285 e. The van der Waals surface area contributed by atoms with Crippen LogP contribution in [0.15, 0.2) is 0 Å². The molecule has 20 heavy (non-hydrogen) atoms. The number of fused-ring (bicyclic) bond motifs is 1. The van der Waals surface area contributed by atoms with Gasteiger partial charge in [0, 0.05) is 24.7 Å². The number of likely N-dealkylation sites (tertiary alicyclic amines) is 2. The molecule has 3 nitrogen and oxygen atoms in total. The van der Waals surface area contributed by atoms with E-state index in [1.165, 1.54) is 64.6 Å². The quantitative estimate of drug-likeness (QED) is 0.842. The van der Waals surface area contributed by atoms with Crippen LogP contribution in [0.2, 0.25) is 0 Å². The molecule has 1 saturated carbocycles. The monoisotopic (exact) mass is 279 g/mol. The van der Waals surface area contributed by atoms with Gasteiger partial charge in [0.15, 0.2) is 0 Å². The molecule has 0 radical (unpaired) electrons. The highest BCUT2D eigenvalue weighted by atomic mass is 15.2. The van der Waals surface area contributed by atoms with Crippen molar-refractivity contribution in [3.63, 3.8) is 0 Å². The average Bonchev–Trinajstić information content (AvgIpc) is 2.38. The molecule has 1 aliphatic carbocycles. The maximum atomic E-state index is 6.72. The molecule has 0 aromatic rings. The van der Waals surface area contributed by atoms with E-state index in [9.17, 15) is 0 Å². The van der Waals surface area contributed by atoms with Crippen LogP contribution in [0, 0.1) is 11.8 Å². The largest absolute Gasteiger partial charge is 0.324 e. The molecule has 0 spiro atoms. The van der Waals surface area contributed by atoms with Crippen LogP contribution in [0.1, 0.15) is 51.9 Å². The first kappa shape index (κ1) is 14.8. The zero-order valence-corrected chi connectivity index (χ0v) is 13.5. The molecular weight excluding hydrogens is 246 g/mol. The van der Waals surface area contributed by atoms with E-state index in [1.54, 1.807) is 0 Å². The molecule has 0 aromatic heterocycles. The molecule has 2 N–H and O–H groups in total. The maximum Gasteiger partial charge on any atom is 0.0285 e. The zero-order valence-electron chi connectivity index (χ0n) is 13.5. The van der Waals surface area contributed by atoms with Gasteiger partial charge in [-0.2, -0.15) is 0 Å². The molecular formula is C17H33N3. The number of piperidine rings is 2. The van der Waals surface area contributed by atoms with Crippen molar-refractivity contribution < 1.29 is 0 Å². The lowest BCUT2D eigenvalue weighted by Crippen LogP contribution is -2.58. The van der Waals surface area contributed by atoms with E-state index < -0.39 is 0 Å². The molecule has 3 fully saturated rings. The molecule has 3 rings (SSSR count). The van der Waals surface area contributed by atoms with Gasteiger partial charge in [-0.25, -0.2) is 0 Å². The molecule has 4 atom stereocenters. The van der Waals surface area contributed by atoms with Gasteiger partial charge in [-0.1, -0.05) is 19.8 Å². The summed E-state index contributed by atoms with van der Waals surface area (Å²) in [6.45, 7) is 7.38. The molecule has 3 heteroatoms. The molecule has 4 unspecified atom stereocenters. The number of nitrogens with two attached hydrogens (primary N) is 1. The molecule has 2 aliphatic heterocycles. The van der Waals surface area contributed by atoms with Gasteiger partial charge in [0.1, 0.15) is 0 Å². The summed E-state index contributed by atoms with van der Waals surface area (Å²) in [5.74, 6) is 1.72. The molecule has 0 amide bonds. The third-order valence-corrected chi connectivity index (χ3v) is 6.09. The fourth-order valence-corrected chi connectivity index (χ4v) is 5.16. The second kappa shape index (κ2) is 5.94. The fraction of sp³-hybridized carbons (Fsp3) is 1.00. The first-order valence-corrected chi connectivity index (χ1v) is 8.77. The predicted octanol–water partition coefficient (Wildman–Crippen LogP) is 2.31. The highest BCUT2D eigenvalue weighted by Crippen LogP contribution is 2.34. The Balaban J connectivity index is 1.56. The number of nitrogens with zero attached hydrogens (tertiary/aromatic N) is 2. The van der Waals surface area contributed by atoms with Crippen molar-refractivity contribution >= 4 is 0 Å². The van der Waals surface area contributed by atoms with Crippen molar-refractivity contribution in [2.24, 2.45) is 17.6 Å². The molecule has 2 heterocycles. The van der Waals surface area contributed by atoms with Crippen molar-refractivity contribution in [3.8, 4) is 0 Å². The van der Waals surface area contributed by atoms with E-state index in [4.69, 9.17) is 5.73 Å². The fourth-order valence-electron chi connectivity index (χ4n) is 5.16. The van der Waals surface area contributed by atoms with Crippen molar-refractivity contribution in [2.75, 3.05) is 33.2 Å². The Labute approximate surface area is 124 Å².